The van der Waals surface area contributed by atoms with Crippen LogP contribution in [0.2, 0.25) is 0 Å². The van der Waals surface area contributed by atoms with E-state index < -0.39 is 51.1 Å². The first-order valence-electron chi connectivity index (χ1n) is 13.7. The Balaban J connectivity index is 1.60. The third-order valence-corrected chi connectivity index (χ3v) is 12.7. The second-order valence-corrected chi connectivity index (χ2v) is 14.1. The van der Waals surface area contributed by atoms with E-state index in [1.54, 1.807) is 0 Å². The lowest BCUT2D eigenvalue weighted by molar-refractivity contribution is -0.140. The van der Waals surface area contributed by atoms with Crippen molar-refractivity contribution in [3.63, 3.8) is 0 Å². The molecule has 2 aromatic carbocycles. The Kier molecular flexibility index (Phi) is 7.51. The SMILES string of the molecule is CCCN1C(=O)C2CC=C3C(CC4(Cl)C(=O)N(c5ccc(F)cc5)C(=O)C4(Cl)C3c3cc(OC)c(O)c(Br)c3Br)C2C1=O. The fourth-order valence-electron chi connectivity index (χ4n) is 7.23. The standard InChI is InChI=1S/C30H25Br2Cl2FN2O6/c1-3-10-36-25(39)16-9-8-15-18(20(16)26(36)40)12-29(33)27(41)37(14-6-4-13(35)5-7-14)28(42)30(29,34)21(15)17-11-19(43-2)24(38)23(32)22(17)31/h4-8,11,16,18,20-21,38H,3,9-10,12H2,1-2H3. The molecule has 6 rings (SSSR count). The van der Waals surface area contributed by atoms with Gasteiger partial charge < -0.3 is 9.84 Å². The molecule has 43 heavy (non-hydrogen) atoms. The number of amides is 4. The van der Waals surface area contributed by atoms with E-state index >= 15 is 0 Å². The summed E-state index contributed by atoms with van der Waals surface area (Å²) in [4.78, 5) is 53.8. The number of methoxy groups -OCH3 is 1. The van der Waals surface area contributed by atoms with E-state index in [1.165, 1.54) is 30.2 Å². The highest BCUT2D eigenvalue weighted by Gasteiger charge is 2.76. The number of imide groups is 2. The van der Waals surface area contributed by atoms with Crippen LogP contribution in [0.4, 0.5) is 10.1 Å². The molecular weight excluding hydrogens is 734 g/mol. The number of phenolic OH excluding ortho intramolecular Hbond substituents is 1. The molecule has 2 saturated heterocycles. The molecule has 1 saturated carbocycles. The average molecular weight is 759 g/mol. The van der Waals surface area contributed by atoms with Crippen molar-refractivity contribution in [1.29, 1.82) is 0 Å². The van der Waals surface area contributed by atoms with Crippen LogP contribution in [0.1, 0.15) is 37.7 Å². The number of nitrogens with zero attached hydrogens (tertiary/aromatic N) is 2. The Morgan fingerprint density at radius 3 is 2.35 bits per heavy atom. The Bertz CT molecular complexity index is 1640. The normalized spacial score (nSPS) is 31.7. The molecule has 0 radical (unpaired) electrons. The van der Waals surface area contributed by atoms with E-state index in [-0.39, 0.29) is 52.9 Å². The van der Waals surface area contributed by atoms with Crippen molar-refractivity contribution in [1.82, 2.24) is 4.90 Å². The van der Waals surface area contributed by atoms with Gasteiger partial charge in [0.15, 0.2) is 21.2 Å². The van der Waals surface area contributed by atoms with Crippen molar-refractivity contribution in [3.8, 4) is 11.5 Å². The number of hydrogen-bond acceptors (Lipinski definition) is 6. The van der Waals surface area contributed by atoms with Gasteiger partial charge in [-0.1, -0.05) is 18.6 Å². The van der Waals surface area contributed by atoms with Gasteiger partial charge in [0, 0.05) is 16.9 Å². The van der Waals surface area contributed by atoms with E-state index in [4.69, 9.17) is 27.9 Å². The maximum atomic E-state index is 14.5. The minimum absolute atomic E-state index is 0.0651. The molecule has 2 aliphatic carbocycles. The molecule has 8 nitrogen and oxygen atoms in total. The van der Waals surface area contributed by atoms with Crippen molar-refractivity contribution >= 4 is 84.4 Å². The molecule has 226 valence electrons. The number of carbonyl (C=O) groups is 4. The van der Waals surface area contributed by atoms with E-state index in [1.807, 2.05) is 13.0 Å². The van der Waals surface area contributed by atoms with Crippen LogP contribution in [0.5, 0.6) is 11.5 Å². The van der Waals surface area contributed by atoms with Gasteiger partial charge >= 0.3 is 0 Å². The molecule has 0 spiro atoms. The van der Waals surface area contributed by atoms with Crippen LogP contribution in [0, 0.1) is 23.6 Å². The third kappa shape index (κ3) is 4.03. The summed E-state index contributed by atoms with van der Waals surface area (Å²) in [6.45, 7) is 2.14. The number of likely N-dealkylation sites (tertiary alicyclic amines) is 1. The number of allylic oxidation sites excluding steroid dienone is 2. The molecule has 0 aromatic heterocycles. The first kappa shape index (κ1) is 30.6. The van der Waals surface area contributed by atoms with Gasteiger partial charge in [0.2, 0.25) is 11.8 Å². The third-order valence-electron chi connectivity index (χ3n) is 9.14. The fourth-order valence-corrected chi connectivity index (χ4v) is 9.11. The van der Waals surface area contributed by atoms with Gasteiger partial charge in [0.25, 0.3) is 11.8 Å². The number of rotatable bonds is 5. The molecular formula is C30H25Br2Cl2FN2O6. The van der Waals surface area contributed by atoms with Crippen LogP contribution in [0.15, 0.2) is 50.9 Å². The van der Waals surface area contributed by atoms with Crippen LogP contribution in [0.3, 0.4) is 0 Å². The second kappa shape index (κ2) is 10.6. The molecule has 2 aromatic rings. The van der Waals surface area contributed by atoms with Gasteiger partial charge in [-0.05, 0) is 92.9 Å². The molecule has 4 aliphatic rings. The summed E-state index contributed by atoms with van der Waals surface area (Å²) in [6, 6.07) is 6.33. The summed E-state index contributed by atoms with van der Waals surface area (Å²) in [5.74, 6) is -6.20. The molecule has 3 fully saturated rings. The zero-order chi connectivity index (χ0) is 31.2. The summed E-state index contributed by atoms with van der Waals surface area (Å²) in [5, 5.41) is 10.7. The zero-order valence-corrected chi connectivity index (χ0v) is 27.6. The topological polar surface area (TPSA) is 104 Å². The molecule has 13 heteroatoms. The second-order valence-electron chi connectivity index (χ2n) is 11.2. The van der Waals surface area contributed by atoms with Gasteiger partial charge in [-0.2, -0.15) is 0 Å². The number of aromatic hydroxyl groups is 1. The fraction of sp³-hybridized carbons (Fsp3) is 0.400. The smallest absolute Gasteiger partial charge is 0.258 e. The number of fused-ring (bicyclic) bond motifs is 4. The Labute approximate surface area is 273 Å². The van der Waals surface area contributed by atoms with Crippen molar-refractivity contribution in [3.05, 3.63) is 62.3 Å². The number of alkyl halides is 2. The maximum Gasteiger partial charge on any atom is 0.258 e. The van der Waals surface area contributed by atoms with Gasteiger partial charge in [-0.25, -0.2) is 9.29 Å². The summed E-state index contributed by atoms with van der Waals surface area (Å²) >= 11 is 21.6. The number of anilines is 1. The van der Waals surface area contributed by atoms with Crippen molar-refractivity contribution in [2.75, 3.05) is 18.6 Å². The molecule has 1 N–H and O–H groups in total. The molecule has 2 heterocycles. The number of carbonyl (C=O) groups excluding carboxylic acids is 4. The summed E-state index contributed by atoms with van der Waals surface area (Å²) in [7, 11) is 1.36. The lowest BCUT2D eigenvalue weighted by atomic mass is 9.56. The lowest BCUT2D eigenvalue weighted by Gasteiger charge is -2.51. The van der Waals surface area contributed by atoms with Crippen molar-refractivity contribution < 1.29 is 33.4 Å². The summed E-state index contributed by atoms with van der Waals surface area (Å²) in [6.07, 6.45) is 2.47. The van der Waals surface area contributed by atoms with E-state index in [2.05, 4.69) is 31.9 Å². The monoisotopic (exact) mass is 756 g/mol. The van der Waals surface area contributed by atoms with Crippen LogP contribution < -0.4 is 9.64 Å². The number of ether oxygens (including phenoxy) is 1. The van der Waals surface area contributed by atoms with Gasteiger partial charge in [-0.15, -0.1) is 23.2 Å². The largest absolute Gasteiger partial charge is 0.503 e. The van der Waals surface area contributed by atoms with Gasteiger partial charge in [0.1, 0.15) is 5.82 Å². The zero-order valence-electron chi connectivity index (χ0n) is 22.9. The Morgan fingerprint density at radius 1 is 1.05 bits per heavy atom. The quantitative estimate of drug-likeness (QED) is 0.227. The molecule has 2 aliphatic heterocycles. The van der Waals surface area contributed by atoms with Crippen LogP contribution in [-0.2, 0) is 19.2 Å². The van der Waals surface area contributed by atoms with Gasteiger partial charge in [0.05, 0.1) is 29.1 Å². The number of halogens is 5. The highest BCUT2D eigenvalue weighted by Crippen LogP contribution is 2.67. The van der Waals surface area contributed by atoms with Crippen molar-refractivity contribution in [2.45, 2.75) is 41.9 Å². The first-order valence-corrected chi connectivity index (χ1v) is 16.0. The number of benzene rings is 2. The summed E-state index contributed by atoms with van der Waals surface area (Å²) in [5.41, 5.74) is 1.05. The number of hydrogen-bond donors (Lipinski definition) is 1. The average Bonchev–Trinajstić information content (AvgIpc) is 3.31. The van der Waals surface area contributed by atoms with Crippen molar-refractivity contribution in [2.24, 2.45) is 17.8 Å². The molecule has 0 bridgehead atoms. The van der Waals surface area contributed by atoms with E-state index in [0.717, 1.165) is 17.0 Å². The van der Waals surface area contributed by atoms with Crippen LogP contribution >= 0.6 is 55.1 Å². The maximum absolute atomic E-state index is 14.5. The Hall–Kier alpha value is -2.47. The molecule has 6 atom stereocenters. The first-order chi connectivity index (χ1) is 20.3. The molecule has 4 amide bonds. The molecule has 6 unspecified atom stereocenters. The highest BCUT2D eigenvalue weighted by atomic mass is 79.9. The minimum atomic E-state index is -2.12. The predicted molar refractivity (Wildman–Crippen MR) is 164 cm³/mol. The van der Waals surface area contributed by atoms with Gasteiger partial charge in [-0.3, -0.25) is 24.1 Å². The van der Waals surface area contributed by atoms with Crippen LogP contribution in [0.25, 0.3) is 0 Å². The minimum Gasteiger partial charge on any atom is -0.503 e. The highest BCUT2D eigenvalue weighted by molar-refractivity contribution is 9.13. The number of phenols is 1. The Morgan fingerprint density at radius 2 is 1.72 bits per heavy atom. The summed E-state index contributed by atoms with van der Waals surface area (Å²) < 4.78 is 19.8. The van der Waals surface area contributed by atoms with E-state index in [9.17, 15) is 28.7 Å². The van der Waals surface area contributed by atoms with Crippen LogP contribution in [-0.4, -0.2) is 57.0 Å². The lowest BCUT2D eigenvalue weighted by Crippen LogP contribution is -2.60. The predicted octanol–water partition coefficient (Wildman–Crippen LogP) is 6.04. The van der Waals surface area contributed by atoms with E-state index in [0.29, 0.717) is 22.0 Å².